The summed E-state index contributed by atoms with van der Waals surface area (Å²) in [6, 6.07) is 34.6. The first-order valence-electron chi connectivity index (χ1n) is 16.4. The summed E-state index contributed by atoms with van der Waals surface area (Å²) in [5.41, 5.74) is 5.49. The van der Waals surface area contributed by atoms with Crippen molar-refractivity contribution in [3.63, 3.8) is 0 Å². The second-order valence-electron chi connectivity index (χ2n) is 8.32. The SMILES string of the molecule is C#CC.C#CC#CC#C.CC.CC.CC.CC.CC#CC.CC(C)(c1cccc(-c2[c-]cccc2)n1)c1cccc(-c2[c-]cccc2)n1.[Pt+2]. The normalized spacial score (nSPS) is 7.55. The van der Waals surface area contributed by atoms with Crippen molar-refractivity contribution in [2.24, 2.45) is 0 Å². The van der Waals surface area contributed by atoms with Crippen LogP contribution in [0.2, 0.25) is 0 Å². The third-order valence-corrected chi connectivity index (χ3v) is 5.21. The van der Waals surface area contributed by atoms with E-state index in [1.807, 2.05) is 130 Å². The minimum absolute atomic E-state index is 0. The molecule has 0 N–H and O–H groups in total. The third kappa shape index (κ3) is 24.1. The van der Waals surface area contributed by atoms with Gasteiger partial charge in [-0.1, -0.05) is 79.7 Å². The number of pyridine rings is 2. The summed E-state index contributed by atoms with van der Waals surface area (Å²) in [6.45, 7) is 25.6. The van der Waals surface area contributed by atoms with Crippen LogP contribution in [0.15, 0.2) is 84.9 Å². The summed E-state index contributed by atoms with van der Waals surface area (Å²) in [6.07, 6.45) is 14.0. The van der Waals surface area contributed by atoms with E-state index >= 15 is 0 Å². The summed E-state index contributed by atoms with van der Waals surface area (Å²) in [7, 11) is 0. The van der Waals surface area contributed by atoms with E-state index in [-0.39, 0.29) is 26.5 Å². The molecule has 2 aromatic carbocycles. The number of hydrogen-bond acceptors (Lipinski definition) is 2. The Hall–Kier alpha value is -4.77. The summed E-state index contributed by atoms with van der Waals surface area (Å²) >= 11 is 0. The predicted octanol–water partition coefficient (Wildman–Crippen LogP) is 11.8. The molecule has 0 saturated carbocycles. The first-order valence-corrected chi connectivity index (χ1v) is 16.4. The van der Waals surface area contributed by atoms with Crippen molar-refractivity contribution in [2.75, 3.05) is 0 Å². The van der Waals surface area contributed by atoms with E-state index in [0.29, 0.717) is 0 Å². The predicted molar refractivity (Wildman–Crippen MR) is 214 cm³/mol. The minimum atomic E-state index is -0.324. The van der Waals surface area contributed by atoms with E-state index in [1.165, 1.54) is 0 Å². The van der Waals surface area contributed by atoms with Crippen LogP contribution in [0.5, 0.6) is 0 Å². The van der Waals surface area contributed by atoms with Crippen LogP contribution in [0.25, 0.3) is 22.5 Å². The molecule has 2 heterocycles. The van der Waals surface area contributed by atoms with Crippen LogP contribution in [0, 0.1) is 72.8 Å². The molecule has 0 unspecified atom stereocenters. The number of hydrogen-bond donors (Lipinski definition) is 0. The summed E-state index contributed by atoms with van der Waals surface area (Å²) in [5.74, 6) is 16.2. The van der Waals surface area contributed by atoms with Gasteiger partial charge in [-0.3, -0.25) is 0 Å². The molecule has 0 amide bonds. The molecule has 2 nitrogen and oxygen atoms in total. The van der Waals surface area contributed by atoms with Gasteiger partial charge in [0.15, 0.2) is 0 Å². The second-order valence-corrected chi connectivity index (χ2v) is 8.32. The molecule has 260 valence electrons. The third-order valence-electron chi connectivity index (χ3n) is 5.21. The minimum Gasteiger partial charge on any atom is -0.300 e. The number of nitrogens with zero attached hydrogens (tertiary/aromatic N) is 2. The van der Waals surface area contributed by atoms with E-state index in [4.69, 9.17) is 22.8 Å². The number of benzene rings is 2. The zero-order valence-corrected chi connectivity index (χ0v) is 34.3. The topological polar surface area (TPSA) is 25.8 Å². The number of aromatic nitrogens is 2. The van der Waals surface area contributed by atoms with Crippen molar-refractivity contribution in [3.05, 3.63) is 108 Å². The van der Waals surface area contributed by atoms with E-state index < -0.39 is 0 Å². The van der Waals surface area contributed by atoms with Gasteiger partial charge in [0.2, 0.25) is 0 Å². The maximum atomic E-state index is 4.91. The van der Waals surface area contributed by atoms with Gasteiger partial charge in [0.1, 0.15) is 0 Å². The fourth-order valence-electron chi connectivity index (χ4n) is 3.17. The fraction of sp³-hybridized carbons (Fsp3) is 0.304. The van der Waals surface area contributed by atoms with Gasteiger partial charge in [0.05, 0.1) is 0 Å². The molecule has 0 radical (unpaired) electrons. The molecular formula is C46H56N2Pt. The quantitative estimate of drug-likeness (QED) is 0.151. The van der Waals surface area contributed by atoms with Crippen LogP contribution in [0.1, 0.15) is 101 Å². The molecule has 0 bridgehead atoms. The van der Waals surface area contributed by atoms with Crippen LogP contribution in [0.4, 0.5) is 0 Å². The summed E-state index contributed by atoms with van der Waals surface area (Å²) in [4.78, 5) is 9.83. The zero-order chi connectivity index (χ0) is 37.6. The van der Waals surface area contributed by atoms with Gasteiger partial charge in [-0.05, 0) is 81.8 Å². The Bertz CT molecular complexity index is 1470. The van der Waals surface area contributed by atoms with Crippen molar-refractivity contribution >= 4 is 0 Å². The Morgan fingerprint density at radius 2 is 0.857 bits per heavy atom. The molecule has 0 saturated heterocycles. The maximum absolute atomic E-state index is 4.91. The van der Waals surface area contributed by atoms with Gasteiger partial charge in [0.25, 0.3) is 0 Å². The van der Waals surface area contributed by atoms with Gasteiger partial charge in [-0.15, -0.1) is 109 Å². The fourth-order valence-corrected chi connectivity index (χ4v) is 3.17. The first kappa shape index (κ1) is 53.7. The van der Waals surface area contributed by atoms with Crippen molar-refractivity contribution in [1.29, 1.82) is 0 Å². The van der Waals surface area contributed by atoms with Gasteiger partial charge < -0.3 is 9.97 Å². The van der Waals surface area contributed by atoms with Crippen LogP contribution in [0.3, 0.4) is 0 Å². The molecular weight excluding hydrogens is 776 g/mol. The van der Waals surface area contributed by atoms with Gasteiger partial charge >= 0.3 is 21.1 Å². The smallest absolute Gasteiger partial charge is 0.300 e. The second kappa shape index (κ2) is 39.4. The van der Waals surface area contributed by atoms with Crippen LogP contribution in [-0.4, -0.2) is 9.97 Å². The van der Waals surface area contributed by atoms with Gasteiger partial charge in [-0.2, -0.15) is 0 Å². The Labute approximate surface area is 316 Å². The molecule has 0 spiro atoms. The molecule has 0 fully saturated rings. The summed E-state index contributed by atoms with van der Waals surface area (Å²) < 4.78 is 0. The summed E-state index contributed by atoms with van der Waals surface area (Å²) in [5, 5.41) is 0. The molecule has 0 aliphatic rings. The number of rotatable bonds is 4. The maximum Gasteiger partial charge on any atom is 2.00 e. The van der Waals surface area contributed by atoms with Gasteiger partial charge in [-0.25, -0.2) is 0 Å². The molecule has 0 aliphatic heterocycles. The van der Waals surface area contributed by atoms with Crippen molar-refractivity contribution in [3.8, 4) is 83.2 Å². The molecule has 4 aromatic rings. The molecule has 49 heavy (non-hydrogen) atoms. The average molecular weight is 832 g/mol. The molecule has 2 aromatic heterocycles. The standard InChI is InChI=1S/C25H20N2.C6H2.C4H6.C3H4.4C2H6.Pt/c1-25(2,23-17-9-15-21(26-23)19-11-5-3-6-12-19)24-18-10-16-22(27-24)20-13-7-4-8-14-20;1-3-5-6-4-2;1-3-4-2;1-3-2;4*1-2;/h3-11,13,15-18H,1-2H3;1-2H;1-2H3;1H,2H3;4*1-2H3;/q-2;;;;;;;;+2. The zero-order valence-electron chi connectivity index (χ0n) is 32.0. The van der Waals surface area contributed by atoms with Crippen LogP contribution >= 0.6 is 0 Å². The Morgan fingerprint density at radius 3 is 1.10 bits per heavy atom. The monoisotopic (exact) mass is 831 g/mol. The Balaban J connectivity index is -0.000000246. The van der Waals surface area contributed by atoms with Gasteiger partial charge in [0, 0.05) is 16.8 Å². The van der Waals surface area contributed by atoms with E-state index in [0.717, 1.165) is 33.9 Å². The number of terminal acetylenes is 3. The van der Waals surface area contributed by atoms with Crippen LogP contribution in [-0.2, 0) is 26.5 Å². The van der Waals surface area contributed by atoms with E-state index in [9.17, 15) is 0 Å². The van der Waals surface area contributed by atoms with Crippen molar-refractivity contribution < 1.29 is 21.1 Å². The van der Waals surface area contributed by atoms with Crippen molar-refractivity contribution in [2.45, 2.75) is 95.4 Å². The molecule has 3 heteroatoms. The molecule has 0 atom stereocenters. The first-order chi connectivity index (χ1) is 23.4. The van der Waals surface area contributed by atoms with E-state index in [2.05, 4.69) is 98.1 Å². The average Bonchev–Trinajstić information content (AvgIpc) is 3.18. The molecule has 4 rings (SSSR count). The van der Waals surface area contributed by atoms with Crippen molar-refractivity contribution in [1.82, 2.24) is 9.97 Å². The van der Waals surface area contributed by atoms with Crippen LogP contribution < -0.4 is 0 Å². The Morgan fingerprint density at radius 1 is 0.531 bits per heavy atom. The molecule has 0 aliphatic carbocycles. The van der Waals surface area contributed by atoms with E-state index in [1.54, 1.807) is 6.92 Å². The largest absolute Gasteiger partial charge is 2.00 e. The Kier molecular flexibility index (Phi) is 43.2.